The number of ether oxygens (including phenoxy) is 1. The van der Waals surface area contributed by atoms with Crippen molar-refractivity contribution in [1.82, 2.24) is 0 Å². The highest BCUT2D eigenvalue weighted by Crippen LogP contribution is 2.48. The standard InChI is InChI=1S/C21H17Cl2NO4/c22-13-7-8-16(14(23)10-13)28-17-4-2-1-3-15(17)24-20(25)18-11-5-6-12(9-11)19(18)21(26)27/h1-8,10-12,18-19H,9H2,(H,24,25)(H,26,27)/t11-,12+,18-,19-/m0/s1. The molecule has 144 valence electrons. The number of hydrogen-bond acceptors (Lipinski definition) is 3. The zero-order valence-electron chi connectivity index (χ0n) is 14.6. The second kappa shape index (κ2) is 7.49. The second-order valence-corrected chi connectivity index (χ2v) is 7.84. The van der Waals surface area contributed by atoms with Crippen LogP contribution < -0.4 is 10.1 Å². The van der Waals surface area contributed by atoms with Crippen molar-refractivity contribution >= 4 is 40.8 Å². The molecule has 0 spiro atoms. The molecular formula is C21H17Cl2NO4. The van der Waals surface area contributed by atoms with Gasteiger partial charge in [-0.05, 0) is 48.6 Å². The summed E-state index contributed by atoms with van der Waals surface area (Å²) >= 11 is 12.1. The number of benzene rings is 2. The number of amides is 1. The summed E-state index contributed by atoms with van der Waals surface area (Å²) in [5, 5.41) is 13.2. The summed E-state index contributed by atoms with van der Waals surface area (Å²) in [7, 11) is 0. The van der Waals surface area contributed by atoms with Gasteiger partial charge in [-0.25, -0.2) is 0 Å². The van der Waals surface area contributed by atoms with E-state index in [0.29, 0.717) is 33.7 Å². The number of carboxylic acids is 1. The monoisotopic (exact) mass is 417 g/mol. The molecule has 1 fully saturated rings. The van der Waals surface area contributed by atoms with E-state index in [1.54, 1.807) is 42.5 Å². The fourth-order valence-corrected chi connectivity index (χ4v) is 4.51. The predicted octanol–water partition coefficient (Wildman–Crippen LogP) is 5.25. The van der Waals surface area contributed by atoms with Crippen LogP contribution >= 0.6 is 23.2 Å². The maximum Gasteiger partial charge on any atom is 0.307 e. The Bertz CT molecular complexity index is 975. The molecule has 2 bridgehead atoms. The molecule has 28 heavy (non-hydrogen) atoms. The molecule has 4 rings (SSSR count). The number of carboxylic acid groups (broad SMARTS) is 1. The highest BCUT2D eigenvalue weighted by Gasteiger charge is 2.51. The lowest BCUT2D eigenvalue weighted by atomic mass is 9.82. The Labute approximate surface area is 171 Å². The number of fused-ring (bicyclic) bond motifs is 2. The fraction of sp³-hybridized carbons (Fsp3) is 0.238. The van der Waals surface area contributed by atoms with Crippen LogP contribution in [0.2, 0.25) is 10.0 Å². The first-order valence-corrected chi connectivity index (χ1v) is 9.63. The Morgan fingerprint density at radius 1 is 1.00 bits per heavy atom. The third kappa shape index (κ3) is 3.48. The van der Waals surface area contributed by atoms with Gasteiger partial charge in [0.1, 0.15) is 5.75 Å². The van der Waals surface area contributed by atoms with Crippen molar-refractivity contribution in [3.63, 3.8) is 0 Å². The number of hydrogen-bond donors (Lipinski definition) is 2. The summed E-state index contributed by atoms with van der Waals surface area (Å²) in [6.07, 6.45) is 4.56. The molecule has 0 saturated heterocycles. The van der Waals surface area contributed by atoms with Gasteiger partial charge < -0.3 is 15.2 Å². The van der Waals surface area contributed by atoms with Gasteiger partial charge in [-0.1, -0.05) is 47.5 Å². The zero-order chi connectivity index (χ0) is 19.8. The van der Waals surface area contributed by atoms with E-state index in [-0.39, 0.29) is 17.7 Å². The van der Waals surface area contributed by atoms with Crippen LogP contribution in [-0.2, 0) is 9.59 Å². The maximum absolute atomic E-state index is 12.9. The Morgan fingerprint density at radius 2 is 1.71 bits per heavy atom. The first-order valence-electron chi connectivity index (χ1n) is 8.88. The average molecular weight is 418 g/mol. The fourth-order valence-electron chi connectivity index (χ4n) is 4.07. The zero-order valence-corrected chi connectivity index (χ0v) is 16.2. The van der Waals surface area contributed by atoms with Crippen molar-refractivity contribution in [1.29, 1.82) is 0 Å². The topological polar surface area (TPSA) is 75.6 Å². The third-order valence-electron chi connectivity index (χ3n) is 5.31. The van der Waals surface area contributed by atoms with E-state index < -0.39 is 17.8 Å². The van der Waals surface area contributed by atoms with Crippen molar-refractivity contribution in [3.8, 4) is 11.5 Å². The molecule has 1 amide bonds. The van der Waals surface area contributed by atoms with Gasteiger partial charge in [0.15, 0.2) is 5.75 Å². The largest absolute Gasteiger partial charge is 0.481 e. The molecule has 7 heteroatoms. The number of anilines is 1. The molecule has 1 saturated carbocycles. The van der Waals surface area contributed by atoms with E-state index in [1.807, 2.05) is 12.2 Å². The number of para-hydroxylation sites is 2. The number of carbonyl (C=O) groups excluding carboxylic acids is 1. The number of halogens is 2. The molecule has 2 N–H and O–H groups in total. The third-order valence-corrected chi connectivity index (χ3v) is 5.84. The number of carbonyl (C=O) groups is 2. The van der Waals surface area contributed by atoms with Gasteiger partial charge in [-0.2, -0.15) is 0 Å². The Kier molecular flexibility index (Phi) is 5.04. The summed E-state index contributed by atoms with van der Waals surface area (Å²) < 4.78 is 5.86. The molecule has 0 aromatic heterocycles. The van der Waals surface area contributed by atoms with Crippen molar-refractivity contribution in [2.45, 2.75) is 6.42 Å². The molecule has 4 atom stereocenters. The summed E-state index contributed by atoms with van der Waals surface area (Å²) in [6, 6.07) is 11.8. The van der Waals surface area contributed by atoms with Crippen molar-refractivity contribution in [2.75, 3.05) is 5.32 Å². The molecular weight excluding hydrogens is 401 g/mol. The first kappa shape index (κ1) is 18.8. The summed E-state index contributed by atoms with van der Waals surface area (Å²) in [6.45, 7) is 0. The molecule has 0 aliphatic heterocycles. The number of rotatable bonds is 5. The smallest absolute Gasteiger partial charge is 0.307 e. The van der Waals surface area contributed by atoms with Crippen molar-refractivity contribution < 1.29 is 19.4 Å². The van der Waals surface area contributed by atoms with E-state index in [0.717, 1.165) is 0 Å². The van der Waals surface area contributed by atoms with Crippen LogP contribution in [-0.4, -0.2) is 17.0 Å². The second-order valence-electron chi connectivity index (χ2n) is 7.00. The molecule has 2 aliphatic rings. The Balaban J connectivity index is 1.56. The van der Waals surface area contributed by atoms with Crippen LogP contribution in [0.5, 0.6) is 11.5 Å². The molecule has 2 aromatic rings. The molecule has 2 aliphatic carbocycles. The van der Waals surface area contributed by atoms with Gasteiger partial charge in [-0.3, -0.25) is 9.59 Å². The van der Waals surface area contributed by atoms with Gasteiger partial charge in [0.25, 0.3) is 0 Å². The van der Waals surface area contributed by atoms with Crippen LogP contribution in [0.3, 0.4) is 0 Å². The molecule has 2 aromatic carbocycles. The quantitative estimate of drug-likeness (QED) is 0.651. The van der Waals surface area contributed by atoms with Crippen LogP contribution in [0.4, 0.5) is 5.69 Å². The van der Waals surface area contributed by atoms with Gasteiger partial charge in [0.2, 0.25) is 5.91 Å². The van der Waals surface area contributed by atoms with Crippen molar-refractivity contribution in [3.05, 3.63) is 64.7 Å². The maximum atomic E-state index is 12.9. The van der Waals surface area contributed by atoms with Crippen LogP contribution in [0.25, 0.3) is 0 Å². The van der Waals surface area contributed by atoms with E-state index in [4.69, 9.17) is 27.9 Å². The molecule has 0 unspecified atom stereocenters. The predicted molar refractivity (Wildman–Crippen MR) is 107 cm³/mol. The van der Waals surface area contributed by atoms with E-state index >= 15 is 0 Å². The van der Waals surface area contributed by atoms with Crippen LogP contribution in [0, 0.1) is 23.7 Å². The molecule has 5 nitrogen and oxygen atoms in total. The molecule has 0 radical (unpaired) electrons. The SMILES string of the molecule is O=C(O)[C@@H]1[C@@H](C(=O)Nc2ccccc2Oc2ccc(Cl)cc2Cl)[C@H]2C=C[C@@H]1C2. The number of allylic oxidation sites excluding steroid dienone is 2. The van der Waals surface area contributed by atoms with Gasteiger partial charge in [0, 0.05) is 5.02 Å². The molecule has 0 heterocycles. The summed E-state index contributed by atoms with van der Waals surface area (Å²) in [5.74, 6) is -1.88. The number of aliphatic carboxylic acids is 1. The number of nitrogens with one attached hydrogen (secondary N) is 1. The van der Waals surface area contributed by atoms with Crippen LogP contribution in [0.1, 0.15) is 6.42 Å². The van der Waals surface area contributed by atoms with E-state index in [9.17, 15) is 14.7 Å². The van der Waals surface area contributed by atoms with E-state index in [2.05, 4.69) is 5.32 Å². The summed E-state index contributed by atoms with van der Waals surface area (Å²) in [5.41, 5.74) is 0.453. The lowest BCUT2D eigenvalue weighted by Gasteiger charge is -2.24. The van der Waals surface area contributed by atoms with Gasteiger partial charge >= 0.3 is 5.97 Å². The van der Waals surface area contributed by atoms with Gasteiger partial charge in [-0.15, -0.1) is 0 Å². The highest BCUT2D eigenvalue weighted by molar-refractivity contribution is 6.35. The minimum absolute atomic E-state index is 0.0510. The normalized spacial score (nSPS) is 24.9. The Morgan fingerprint density at radius 3 is 2.43 bits per heavy atom. The summed E-state index contributed by atoms with van der Waals surface area (Å²) in [4.78, 5) is 24.6. The minimum atomic E-state index is -0.936. The minimum Gasteiger partial charge on any atom is -0.481 e. The van der Waals surface area contributed by atoms with E-state index in [1.165, 1.54) is 0 Å². The lowest BCUT2D eigenvalue weighted by molar-refractivity contribution is -0.146. The van der Waals surface area contributed by atoms with Gasteiger partial charge in [0.05, 0.1) is 22.5 Å². The highest BCUT2D eigenvalue weighted by atomic mass is 35.5. The first-order chi connectivity index (χ1) is 13.4. The Hall–Kier alpha value is -2.50. The van der Waals surface area contributed by atoms with Crippen molar-refractivity contribution in [2.24, 2.45) is 23.7 Å². The van der Waals surface area contributed by atoms with Crippen LogP contribution in [0.15, 0.2) is 54.6 Å². The lowest BCUT2D eigenvalue weighted by Crippen LogP contribution is -2.36. The average Bonchev–Trinajstić information content (AvgIpc) is 3.27.